The summed E-state index contributed by atoms with van der Waals surface area (Å²) in [6.45, 7) is -0.190. The van der Waals surface area contributed by atoms with E-state index in [0.717, 1.165) is 16.0 Å². The molecule has 0 spiro atoms. The molecule has 0 aliphatic carbocycles. The maximum Gasteiger partial charge on any atom is 0.331 e. The number of carbonyl (C=O) groups excluding carboxylic acids is 1. The second kappa shape index (κ2) is 6.76. The van der Waals surface area contributed by atoms with Crippen molar-refractivity contribution >= 4 is 27.5 Å². The lowest BCUT2D eigenvalue weighted by molar-refractivity contribution is -0.135. The predicted molar refractivity (Wildman–Crippen MR) is 91.3 cm³/mol. The number of thiazole rings is 1. The van der Waals surface area contributed by atoms with Crippen molar-refractivity contribution in [2.45, 2.75) is 6.54 Å². The van der Waals surface area contributed by atoms with Crippen molar-refractivity contribution in [2.24, 2.45) is 0 Å². The van der Waals surface area contributed by atoms with Crippen LogP contribution in [0.2, 0.25) is 0 Å². The molecule has 124 valence electrons. The first-order valence-electron chi connectivity index (χ1n) is 7.14. The predicted octanol–water partition coefficient (Wildman–Crippen LogP) is 2.69. The average Bonchev–Trinajstić information content (AvgIpc) is 2.90. The van der Waals surface area contributed by atoms with Gasteiger partial charge >= 0.3 is 10.8 Å². The standard InChI is InChI=1S/C17H15NO5S/c1-21-12-7-5-8-13(22-2)16(12)23-15(19)10-18-11-6-3-4-9-14(11)24-17(18)20/h3-9H,10H2,1-2H3. The summed E-state index contributed by atoms with van der Waals surface area (Å²) >= 11 is 1.09. The lowest BCUT2D eigenvalue weighted by Gasteiger charge is -2.13. The van der Waals surface area contributed by atoms with Gasteiger partial charge in [-0.1, -0.05) is 29.5 Å². The highest BCUT2D eigenvalue weighted by atomic mass is 32.1. The Morgan fingerprint density at radius 2 is 1.71 bits per heavy atom. The summed E-state index contributed by atoms with van der Waals surface area (Å²) < 4.78 is 18.0. The highest BCUT2D eigenvalue weighted by molar-refractivity contribution is 7.16. The van der Waals surface area contributed by atoms with Crippen LogP contribution in [0, 0.1) is 0 Å². The highest BCUT2D eigenvalue weighted by Crippen LogP contribution is 2.36. The Balaban J connectivity index is 1.89. The number of methoxy groups -OCH3 is 2. The first kappa shape index (κ1) is 16.1. The van der Waals surface area contributed by atoms with Gasteiger partial charge in [0, 0.05) is 0 Å². The van der Waals surface area contributed by atoms with Gasteiger partial charge in [-0.25, -0.2) is 4.79 Å². The summed E-state index contributed by atoms with van der Waals surface area (Å²) in [6.07, 6.45) is 0. The highest BCUT2D eigenvalue weighted by Gasteiger charge is 2.18. The number of rotatable bonds is 5. The quantitative estimate of drug-likeness (QED) is 0.525. The summed E-state index contributed by atoms with van der Waals surface area (Å²) in [4.78, 5) is 24.2. The van der Waals surface area contributed by atoms with Crippen LogP contribution in [-0.4, -0.2) is 24.8 Å². The number of hydrogen-bond acceptors (Lipinski definition) is 6. The number of aromatic nitrogens is 1. The number of benzene rings is 2. The minimum Gasteiger partial charge on any atom is -0.493 e. The maximum absolute atomic E-state index is 12.3. The first-order chi connectivity index (χ1) is 11.6. The summed E-state index contributed by atoms with van der Waals surface area (Å²) in [6, 6.07) is 12.4. The van der Waals surface area contributed by atoms with Gasteiger partial charge < -0.3 is 14.2 Å². The van der Waals surface area contributed by atoms with E-state index in [2.05, 4.69) is 0 Å². The Kier molecular flexibility index (Phi) is 4.52. The van der Waals surface area contributed by atoms with E-state index in [1.807, 2.05) is 18.2 Å². The summed E-state index contributed by atoms with van der Waals surface area (Å²) in [5, 5.41) is 0. The normalized spacial score (nSPS) is 10.6. The second-order valence-electron chi connectivity index (χ2n) is 4.89. The van der Waals surface area contributed by atoms with Gasteiger partial charge in [0.15, 0.2) is 11.5 Å². The summed E-state index contributed by atoms with van der Waals surface area (Å²) in [5.74, 6) is 0.374. The lowest BCUT2D eigenvalue weighted by Crippen LogP contribution is -2.23. The SMILES string of the molecule is COc1cccc(OC)c1OC(=O)Cn1c(=O)sc2ccccc21. The first-order valence-corrected chi connectivity index (χ1v) is 7.95. The van der Waals surface area contributed by atoms with Crippen LogP contribution < -0.4 is 19.1 Å². The van der Waals surface area contributed by atoms with Crippen LogP contribution in [0.15, 0.2) is 47.3 Å². The molecule has 7 heteroatoms. The molecule has 0 bridgehead atoms. The molecule has 0 aliphatic rings. The zero-order valence-electron chi connectivity index (χ0n) is 13.1. The fraction of sp³-hybridized carbons (Fsp3) is 0.176. The number of para-hydroxylation sites is 2. The molecule has 3 rings (SSSR count). The smallest absolute Gasteiger partial charge is 0.331 e. The third-order valence-corrected chi connectivity index (χ3v) is 4.42. The van der Waals surface area contributed by atoms with E-state index in [4.69, 9.17) is 14.2 Å². The zero-order valence-corrected chi connectivity index (χ0v) is 14.0. The monoisotopic (exact) mass is 345 g/mol. The number of carbonyl (C=O) groups is 1. The number of ether oxygens (including phenoxy) is 3. The molecular formula is C17H15NO5S. The second-order valence-corrected chi connectivity index (χ2v) is 5.88. The van der Waals surface area contributed by atoms with Crippen LogP contribution in [0.5, 0.6) is 17.2 Å². The van der Waals surface area contributed by atoms with E-state index in [0.29, 0.717) is 17.0 Å². The molecule has 0 N–H and O–H groups in total. The Bertz CT molecular complexity index is 921. The number of fused-ring (bicyclic) bond motifs is 1. The van der Waals surface area contributed by atoms with E-state index in [-0.39, 0.29) is 17.2 Å². The van der Waals surface area contributed by atoms with E-state index >= 15 is 0 Å². The number of esters is 1. The molecular weight excluding hydrogens is 330 g/mol. The van der Waals surface area contributed by atoms with Gasteiger partial charge in [-0.15, -0.1) is 0 Å². The average molecular weight is 345 g/mol. The van der Waals surface area contributed by atoms with Gasteiger partial charge in [-0.3, -0.25) is 9.36 Å². The molecule has 0 fully saturated rings. The largest absolute Gasteiger partial charge is 0.493 e. The van der Waals surface area contributed by atoms with Gasteiger partial charge in [0.1, 0.15) is 6.54 Å². The molecule has 3 aromatic rings. The Morgan fingerprint density at radius 1 is 1.04 bits per heavy atom. The molecule has 1 aromatic heterocycles. The van der Waals surface area contributed by atoms with Crippen LogP contribution >= 0.6 is 11.3 Å². The maximum atomic E-state index is 12.3. The Hall–Kier alpha value is -2.80. The number of hydrogen-bond donors (Lipinski definition) is 0. The number of nitrogens with zero attached hydrogens (tertiary/aromatic N) is 1. The summed E-state index contributed by atoms with van der Waals surface area (Å²) in [7, 11) is 2.95. The van der Waals surface area contributed by atoms with E-state index in [9.17, 15) is 9.59 Å². The van der Waals surface area contributed by atoms with Gasteiger partial charge in [-0.2, -0.15) is 0 Å². The lowest BCUT2D eigenvalue weighted by atomic mass is 10.3. The molecule has 0 unspecified atom stereocenters. The Labute approximate surface area is 141 Å². The minimum atomic E-state index is -0.580. The molecule has 0 radical (unpaired) electrons. The van der Waals surface area contributed by atoms with Crippen LogP contribution in [-0.2, 0) is 11.3 Å². The van der Waals surface area contributed by atoms with Crippen molar-refractivity contribution in [3.63, 3.8) is 0 Å². The van der Waals surface area contributed by atoms with Crippen molar-refractivity contribution in [1.82, 2.24) is 4.57 Å². The van der Waals surface area contributed by atoms with Gasteiger partial charge in [0.25, 0.3) is 0 Å². The van der Waals surface area contributed by atoms with Crippen LogP contribution in [0.4, 0.5) is 0 Å². The van der Waals surface area contributed by atoms with Crippen molar-refractivity contribution in [3.8, 4) is 17.2 Å². The van der Waals surface area contributed by atoms with Crippen molar-refractivity contribution in [1.29, 1.82) is 0 Å². The third-order valence-electron chi connectivity index (χ3n) is 3.46. The molecule has 0 atom stereocenters. The zero-order chi connectivity index (χ0) is 17.1. The van der Waals surface area contributed by atoms with Crippen LogP contribution in [0.1, 0.15) is 0 Å². The molecule has 0 aliphatic heterocycles. The van der Waals surface area contributed by atoms with Gasteiger partial charge in [0.2, 0.25) is 5.75 Å². The molecule has 0 saturated heterocycles. The van der Waals surface area contributed by atoms with Crippen LogP contribution in [0.3, 0.4) is 0 Å². The van der Waals surface area contributed by atoms with Crippen LogP contribution in [0.25, 0.3) is 10.2 Å². The van der Waals surface area contributed by atoms with E-state index in [1.165, 1.54) is 18.8 Å². The van der Waals surface area contributed by atoms with Crippen molar-refractivity contribution in [2.75, 3.05) is 14.2 Å². The molecule has 0 amide bonds. The van der Waals surface area contributed by atoms with Crippen molar-refractivity contribution in [3.05, 3.63) is 52.1 Å². The fourth-order valence-electron chi connectivity index (χ4n) is 2.36. The van der Waals surface area contributed by atoms with Crippen molar-refractivity contribution < 1.29 is 19.0 Å². The molecule has 6 nitrogen and oxygen atoms in total. The molecule has 1 heterocycles. The third kappa shape index (κ3) is 2.98. The fourth-order valence-corrected chi connectivity index (χ4v) is 3.25. The Morgan fingerprint density at radius 3 is 2.38 bits per heavy atom. The topological polar surface area (TPSA) is 66.8 Å². The minimum absolute atomic E-state index is 0.190. The van der Waals surface area contributed by atoms with E-state index in [1.54, 1.807) is 24.3 Å². The molecule has 24 heavy (non-hydrogen) atoms. The molecule has 0 saturated carbocycles. The molecule has 2 aromatic carbocycles. The summed E-state index contributed by atoms with van der Waals surface area (Å²) in [5.41, 5.74) is 0.705. The van der Waals surface area contributed by atoms with E-state index < -0.39 is 5.97 Å². The van der Waals surface area contributed by atoms with Gasteiger partial charge in [-0.05, 0) is 24.3 Å². The van der Waals surface area contributed by atoms with Gasteiger partial charge in [0.05, 0.1) is 24.4 Å².